The predicted octanol–water partition coefficient (Wildman–Crippen LogP) is 8.98. The summed E-state index contributed by atoms with van der Waals surface area (Å²) in [6.07, 6.45) is 0. The van der Waals surface area contributed by atoms with Crippen molar-refractivity contribution >= 4 is 32.4 Å². The summed E-state index contributed by atoms with van der Waals surface area (Å²) in [6, 6.07) is 36.4. The number of nitrogens with one attached hydrogen (secondary N) is 1. The average molecular weight is 554 g/mol. The molecule has 0 fully saturated rings. The summed E-state index contributed by atoms with van der Waals surface area (Å²) < 4.78 is 19.0. The molecule has 0 aliphatic rings. The first-order chi connectivity index (χ1) is 18.2. The van der Waals surface area contributed by atoms with Crippen molar-refractivity contribution in [3.63, 3.8) is 0 Å². The van der Waals surface area contributed by atoms with E-state index in [0.717, 1.165) is 38.5 Å². The van der Waals surface area contributed by atoms with E-state index in [1.54, 1.807) is 0 Å². The zero-order chi connectivity index (χ0) is 25.5. The number of para-hydroxylation sites is 1. The van der Waals surface area contributed by atoms with Gasteiger partial charge in [0, 0.05) is 12.2 Å². The van der Waals surface area contributed by atoms with E-state index < -0.39 is 0 Å². The molecule has 37 heavy (non-hydrogen) atoms. The number of rotatable bonds is 10. The maximum atomic E-state index is 6.29. The molecule has 0 spiro atoms. The molecule has 4 nitrogen and oxygen atoms in total. The molecule has 0 aliphatic heterocycles. The first-order valence-corrected chi connectivity index (χ1v) is 13.1. The van der Waals surface area contributed by atoms with E-state index in [1.807, 2.05) is 67.6 Å². The molecule has 0 radical (unpaired) electrons. The van der Waals surface area contributed by atoms with Crippen molar-refractivity contribution < 1.29 is 14.2 Å². The number of benzene rings is 5. The highest BCUT2D eigenvalue weighted by atomic mass is 79.9. The summed E-state index contributed by atoms with van der Waals surface area (Å²) >= 11 is 3.71. The maximum Gasteiger partial charge on any atom is 0.175 e. The van der Waals surface area contributed by atoms with Crippen LogP contribution in [0.1, 0.15) is 18.1 Å². The summed E-state index contributed by atoms with van der Waals surface area (Å²) in [5.41, 5.74) is 3.22. The van der Waals surface area contributed by atoms with Gasteiger partial charge in [0.25, 0.3) is 0 Å². The third kappa shape index (κ3) is 6.25. The quantitative estimate of drug-likeness (QED) is 0.187. The molecule has 0 aromatic heterocycles. The lowest BCUT2D eigenvalue weighted by Crippen LogP contribution is -2.04. The van der Waals surface area contributed by atoms with E-state index >= 15 is 0 Å². The van der Waals surface area contributed by atoms with E-state index in [4.69, 9.17) is 14.2 Å². The van der Waals surface area contributed by atoms with Crippen molar-refractivity contribution in [2.75, 3.05) is 11.9 Å². The summed E-state index contributed by atoms with van der Waals surface area (Å²) in [4.78, 5) is 0. The van der Waals surface area contributed by atoms with E-state index in [1.165, 1.54) is 10.8 Å². The Bertz CT molecular complexity index is 1460. The fourth-order valence-corrected chi connectivity index (χ4v) is 4.77. The third-order valence-electron chi connectivity index (χ3n) is 5.95. The van der Waals surface area contributed by atoms with Gasteiger partial charge in [-0.05, 0) is 93.3 Å². The first kappa shape index (κ1) is 24.7. The van der Waals surface area contributed by atoms with Crippen molar-refractivity contribution in [3.8, 4) is 23.0 Å². The highest BCUT2D eigenvalue weighted by molar-refractivity contribution is 9.10. The number of hydrogen-bond acceptors (Lipinski definition) is 4. The maximum absolute atomic E-state index is 6.29. The SMILES string of the molecule is CCOc1cc(CNc2ccc(Oc3ccccc3)cc2)cc(Br)c1OCc1cccc2ccccc12. The molecule has 0 aliphatic carbocycles. The van der Waals surface area contributed by atoms with Gasteiger partial charge in [-0.15, -0.1) is 0 Å². The average Bonchev–Trinajstić information content (AvgIpc) is 2.93. The van der Waals surface area contributed by atoms with Gasteiger partial charge in [-0.3, -0.25) is 0 Å². The van der Waals surface area contributed by atoms with Crippen LogP contribution in [0.25, 0.3) is 10.8 Å². The van der Waals surface area contributed by atoms with Gasteiger partial charge in [0.15, 0.2) is 11.5 Å². The molecule has 5 aromatic carbocycles. The van der Waals surface area contributed by atoms with Crippen molar-refractivity contribution in [1.29, 1.82) is 0 Å². The van der Waals surface area contributed by atoms with Gasteiger partial charge in [-0.1, -0.05) is 60.7 Å². The number of ether oxygens (including phenoxy) is 3. The molecule has 5 aromatic rings. The monoisotopic (exact) mass is 553 g/mol. The molecule has 1 N–H and O–H groups in total. The minimum Gasteiger partial charge on any atom is -0.490 e. The Balaban J connectivity index is 1.26. The molecule has 0 saturated heterocycles. The Morgan fingerprint density at radius 1 is 0.730 bits per heavy atom. The Morgan fingerprint density at radius 2 is 1.46 bits per heavy atom. The van der Waals surface area contributed by atoms with E-state index in [-0.39, 0.29) is 0 Å². The molecular formula is C32H28BrNO3. The summed E-state index contributed by atoms with van der Waals surface area (Å²) in [5, 5.41) is 5.87. The number of halogens is 1. The van der Waals surface area contributed by atoms with Crippen molar-refractivity contribution in [1.82, 2.24) is 0 Å². The van der Waals surface area contributed by atoms with Gasteiger partial charge < -0.3 is 19.5 Å². The number of fused-ring (bicyclic) bond motifs is 1. The molecular weight excluding hydrogens is 526 g/mol. The van der Waals surface area contributed by atoms with Crippen LogP contribution in [-0.2, 0) is 13.2 Å². The van der Waals surface area contributed by atoms with Crippen LogP contribution in [0.3, 0.4) is 0 Å². The van der Waals surface area contributed by atoms with Crippen LogP contribution >= 0.6 is 15.9 Å². The fraction of sp³-hybridized carbons (Fsp3) is 0.125. The lowest BCUT2D eigenvalue weighted by atomic mass is 10.1. The van der Waals surface area contributed by atoms with Crippen LogP contribution < -0.4 is 19.5 Å². The minimum absolute atomic E-state index is 0.453. The van der Waals surface area contributed by atoms with Gasteiger partial charge >= 0.3 is 0 Å². The van der Waals surface area contributed by atoms with Crippen molar-refractivity contribution in [2.45, 2.75) is 20.1 Å². The molecule has 5 heteroatoms. The Hall–Kier alpha value is -3.96. The molecule has 0 atom stereocenters. The van der Waals surface area contributed by atoms with Crippen LogP contribution in [-0.4, -0.2) is 6.61 Å². The molecule has 0 unspecified atom stereocenters. The number of hydrogen-bond donors (Lipinski definition) is 1. The highest BCUT2D eigenvalue weighted by Gasteiger charge is 2.14. The van der Waals surface area contributed by atoms with Crippen LogP contribution in [0.4, 0.5) is 5.69 Å². The lowest BCUT2D eigenvalue weighted by Gasteiger charge is -2.17. The largest absolute Gasteiger partial charge is 0.490 e. The second kappa shape index (κ2) is 11.8. The minimum atomic E-state index is 0.453. The smallest absolute Gasteiger partial charge is 0.175 e. The van der Waals surface area contributed by atoms with Crippen LogP contribution in [0.5, 0.6) is 23.0 Å². The molecule has 186 valence electrons. The standard InChI is InChI=1S/C32H28BrNO3/c1-2-35-31-20-23(21-34-26-15-17-28(18-16-26)37-27-12-4-3-5-13-27)19-30(33)32(31)36-22-25-11-8-10-24-9-6-7-14-29(24)25/h3-20,34H,2,21-22H2,1H3. The van der Waals surface area contributed by atoms with Gasteiger partial charge in [0.2, 0.25) is 0 Å². The first-order valence-electron chi connectivity index (χ1n) is 12.3. The van der Waals surface area contributed by atoms with Gasteiger partial charge in [-0.25, -0.2) is 0 Å². The summed E-state index contributed by atoms with van der Waals surface area (Å²) in [7, 11) is 0. The van der Waals surface area contributed by atoms with Crippen LogP contribution in [0.15, 0.2) is 114 Å². The molecule has 5 rings (SSSR count). The second-order valence-corrected chi connectivity index (χ2v) is 9.41. The fourth-order valence-electron chi connectivity index (χ4n) is 4.16. The van der Waals surface area contributed by atoms with E-state index in [9.17, 15) is 0 Å². The molecule has 0 amide bonds. The third-order valence-corrected chi connectivity index (χ3v) is 6.54. The molecule has 0 heterocycles. The molecule has 0 bridgehead atoms. The predicted molar refractivity (Wildman–Crippen MR) is 154 cm³/mol. The summed E-state index contributed by atoms with van der Waals surface area (Å²) in [6.45, 7) is 3.62. The van der Waals surface area contributed by atoms with Crippen LogP contribution in [0.2, 0.25) is 0 Å². The topological polar surface area (TPSA) is 39.7 Å². The second-order valence-electron chi connectivity index (χ2n) is 8.56. The van der Waals surface area contributed by atoms with Gasteiger partial charge in [0.1, 0.15) is 18.1 Å². The molecule has 0 saturated carbocycles. The van der Waals surface area contributed by atoms with E-state index in [2.05, 4.69) is 69.8 Å². The van der Waals surface area contributed by atoms with E-state index in [0.29, 0.717) is 25.5 Å². The number of anilines is 1. The lowest BCUT2D eigenvalue weighted by molar-refractivity contribution is 0.268. The zero-order valence-corrected chi connectivity index (χ0v) is 22.2. The van der Waals surface area contributed by atoms with Gasteiger partial charge in [0.05, 0.1) is 11.1 Å². The van der Waals surface area contributed by atoms with Crippen molar-refractivity contribution in [2.24, 2.45) is 0 Å². The van der Waals surface area contributed by atoms with Crippen molar-refractivity contribution in [3.05, 3.63) is 125 Å². The Kier molecular flexibility index (Phi) is 7.92. The Labute approximate surface area is 226 Å². The highest BCUT2D eigenvalue weighted by Crippen LogP contribution is 2.38. The van der Waals surface area contributed by atoms with Crippen LogP contribution in [0, 0.1) is 0 Å². The summed E-state index contributed by atoms with van der Waals surface area (Å²) in [5.74, 6) is 3.05. The normalized spacial score (nSPS) is 10.8. The zero-order valence-electron chi connectivity index (χ0n) is 20.6. The Morgan fingerprint density at radius 3 is 2.27 bits per heavy atom. The van der Waals surface area contributed by atoms with Gasteiger partial charge in [-0.2, -0.15) is 0 Å².